The lowest BCUT2D eigenvalue weighted by Gasteiger charge is -2.35. The van der Waals surface area contributed by atoms with Gasteiger partial charge in [0.05, 0.1) is 30.4 Å². The van der Waals surface area contributed by atoms with Gasteiger partial charge in [0.15, 0.2) is 0 Å². The first-order valence-corrected chi connectivity index (χ1v) is 17.4. The molecule has 1 aliphatic heterocycles. The quantitative estimate of drug-likeness (QED) is 0.297. The van der Waals surface area contributed by atoms with Gasteiger partial charge in [-0.2, -0.15) is 0 Å². The number of ether oxygens (including phenoxy) is 2. The number of rotatable bonds is 7. The number of hydrogen-bond acceptors (Lipinski definition) is 6. The number of nitrogens with zero attached hydrogens (tertiary/aromatic N) is 2. The van der Waals surface area contributed by atoms with E-state index in [1.165, 1.54) is 0 Å². The van der Waals surface area contributed by atoms with Crippen molar-refractivity contribution in [1.29, 1.82) is 0 Å². The Kier molecular flexibility index (Phi) is 13.8. The monoisotopic (exact) mass is 670 g/mol. The number of fused-ring (bicyclic) bond motifs is 1. The Hall–Kier alpha value is -3.34. The van der Waals surface area contributed by atoms with Crippen LogP contribution in [0, 0.1) is 11.8 Å². The van der Waals surface area contributed by atoms with Crippen molar-refractivity contribution in [2.75, 3.05) is 44.0 Å². The van der Waals surface area contributed by atoms with Gasteiger partial charge in [0.2, 0.25) is 5.91 Å². The van der Waals surface area contributed by atoms with Gasteiger partial charge in [-0.15, -0.1) is 0 Å². The second kappa shape index (κ2) is 17.7. The summed E-state index contributed by atoms with van der Waals surface area (Å²) in [7, 11) is 1.71. The van der Waals surface area contributed by atoms with E-state index in [4.69, 9.17) is 21.1 Å². The van der Waals surface area contributed by atoms with Crippen LogP contribution < -0.4 is 15.4 Å². The third-order valence-electron chi connectivity index (χ3n) is 9.19. The molecule has 0 aromatic heterocycles. The van der Waals surface area contributed by atoms with E-state index in [0.717, 1.165) is 51.4 Å². The number of carbonyl (C=O) groups excluding carboxylic acids is 3. The number of likely N-dealkylation sites (N-methyl/N-ethyl adjacent to an activating group) is 1. The van der Waals surface area contributed by atoms with Crippen LogP contribution >= 0.6 is 11.6 Å². The molecule has 1 heterocycles. The summed E-state index contributed by atoms with van der Waals surface area (Å²) in [5.41, 5.74) is 1.51. The minimum absolute atomic E-state index is 0.0225. The summed E-state index contributed by atoms with van der Waals surface area (Å²) < 4.78 is 12.7. The van der Waals surface area contributed by atoms with E-state index in [0.29, 0.717) is 40.9 Å². The average molecular weight is 671 g/mol. The minimum Gasteiger partial charge on any atom is -0.490 e. The molecule has 3 N–H and O–H groups in total. The largest absolute Gasteiger partial charge is 0.490 e. The van der Waals surface area contributed by atoms with Crippen LogP contribution in [0.1, 0.15) is 82.5 Å². The molecule has 11 heteroatoms. The third kappa shape index (κ3) is 10.6. The van der Waals surface area contributed by atoms with Crippen molar-refractivity contribution < 1.29 is 29.0 Å². The topological polar surface area (TPSA) is 120 Å². The van der Waals surface area contributed by atoms with Gasteiger partial charge in [-0.25, -0.2) is 4.79 Å². The molecule has 1 fully saturated rings. The van der Waals surface area contributed by atoms with Crippen LogP contribution in [0.2, 0.25) is 5.02 Å². The van der Waals surface area contributed by atoms with E-state index >= 15 is 0 Å². The highest BCUT2D eigenvalue weighted by atomic mass is 35.5. The number of aliphatic hydroxyl groups is 1. The smallest absolute Gasteiger partial charge is 0.321 e. The maximum atomic E-state index is 14.4. The van der Waals surface area contributed by atoms with Gasteiger partial charge < -0.3 is 35.0 Å². The van der Waals surface area contributed by atoms with Crippen molar-refractivity contribution >= 4 is 40.8 Å². The predicted molar refractivity (Wildman–Crippen MR) is 185 cm³/mol. The van der Waals surface area contributed by atoms with Gasteiger partial charge >= 0.3 is 6.03 Å². The fourth-order valence-corrected chi connectivity index (χ4v) is 6.30. The number of amides is 4. The normalized spacial score (nSPS) is 22.3. The van der Waals surface area contributed by atoms with E-state index < -0.39 is 6.04 Å². The molecule has 2 aliphatic rings. The van der Waals surface area contributed by atoms with E-state index in [9.17, 15) is 19.5 Å². The lowest BCUT2D eigenvalue weighted by Crippen LogP contribution is -2.48. The zero-order valence-electron chi connectivity index (χ0n) is 28.2. The van der Waals surface area contributed by atoms with Gasteiger partial charge in [0.1, 0.15) is 5.75 Å². The van der Waals surface area contributed by atoms with Crippen LogP contribution in [-0.4, -0.2) is 84.4 Å². The van der Waals surface area contributed by atoms with Crippen molar-refractivity contribution in [3.8, 4) is 5.75 Å². The number of halogens is 1. The van der Waals surface area contributed by atoms with Crippen molar-refractivity contribution in [2.24, 2.45) is 11.8 Å². The molecule has 0 radical (unpaired) electrons. The van der Waals surface area contributed by atoms with Crippen LogP contribution in [0.25, 0.3) is 0 Å². The number of benzene rings is 2. The van der Waals surface area contributed by atoms with E-state index in [2.05, 4.69) is 10.6 Å². The number of aliphatic hydroxyl groups excluding tert-OH is 1. The summed E-state index contributed by atoms with van der Waals surface area (Å²) in [4.78, 5) is 43.7. The summed E-state index contributed by atoms with van der Waals surface area (Å²) >= 11 is 5.99. The molecule has 4 rings (SSSR count). The second-order valence-corrected chi connectivity index (χ2v) is 13.6. The summed E-state index contributed by atoms with van der Waals surface area (Å²) in [6.07, 6.45) is 6.89. The Balaban J connectivity index is 1.57. The van der Waals surface area contributed by atoms with Crippen molar-refractivity contribution in [3.05, 3.63) is 53.1 Å². The van der Waals surface area contributed by atoms with Crippen LogP contribution in [-0.2, 0) is 9.53 Å². The van der Waals surface area contributed by atoms with Crippen LogP contribution in [0.15, 0.2) is 42.5 Å². The van der Waals surface area contributed by atoms with Crippen LogP contribution in [0.3, 0.4) is 0 Å². The molecule has 10 nitrogen and oxygen atoms in total. The Labute approximate surface area is 284 Å². The lowest BCUT2D eigenvalue weighted by atomic mass is 9.88. The van der Waals surface area contributed by atoms with Gasteiger partial charge in [-0.3, -0.25) is 9.59 Å². The van der Waals surface area contributed by atoms with E-state index in [-0.39, 0.29) is 55.0 Å². The number of urea groups is 1. The molecule has 4 amide bonds. The molecule has 47 heavy (non-hydrogen) atoms. The summed E-state index contributed by atoms with van der Waals surface area (Å²) in [6.45, 7) is 6.60. The molecule has 0 unspecified atom stereocenters. The maximum absolute atomic E-state index is 14.4. The lowest BCUT2D eigenvalue weighted by molar-refractivity contribution is -0.120. The zero-order chi connectivity index (χ0) is 33.9. The molecule has 4 atom stereocenters. The SMILES string of the molecule is C[C@H](CO)N1C[C@H](C)[C@H](CN(C)C(=O)Nc2ccc(Cl)cc2)OCCCC[C@H](C)Oc2ccc(NC(=O)C3CCCCC3)cc2C1=O. The standard InChI is InChI=1S/C36H51ClN4O6/c1-24-21-41(25(2)23-42)35(44)31-20-30(38-34(43)27-11-6-5-7-12-27)17-18-32(31)47-26(3)10-8-9-19-46-33(24)22-40(4)36(45)39-29-15-13-28(37)14-16-29/h13-18,20,24-27,33,42H,5-12,19,21-23H2,1-4H3,(H,38,43)(H,39,45)/t24-,25+,26-,33-/m0/s1. The Morgan fingerprint density at radius 3 is 2.38 bits per heavy atom. The van der Waals surface area contributed by atoms with Gasteiger partial charge in [0.25, 0.3) is 5.91 Å². The molecule has 2 aromatic rings. The first kappa shape index (κ1) is 36.5. The van der Waals surface area contributed by atoms with E-state index in [1.807, 2.05) is 13.8 Å². The molecule has 1 saturated carbocycles. The highest BCUT2D eigenvalue weighted by molar-refractivity contribution is 6.30. The fourth-order valence-electron chi connectivity index (χ4n) is 6.18. The molecule has 0 saturated heterocycles. The Morgan fingerprint density at radius 2 is 1.68 bits per heavy atom. The van der Waals surface area contributed by atoms with Crippen molar-refractivity contribution in [1.82, 2.24) is 9.80 Å². The van der Waals surface area contributed by atoms with E-state index in [1.54, 1.807) is 66.2 Å². The fraction of sp³-hybridized carbons (Fsp3) is 0.583. The second-order valence-electron chi connectivity index (χ2n) is 13.2. The Bertz CT molecular complexity index is 1340. The number of nitrogens with one attached hydrogen (secondary N) is 2. The summed E-state index contributed by atoms with van der Waals surface area (Å²) in [5, 5.41) is 16.7. The first-order valence-electron chi connectivity index (χ1n) is 17.0. The summed E-state index contributed by atoms with van der Waals surface area (Å²) in [6, 6.07) is 11.4. The number of hydrogen-bond donors (Lipinski definition) is 3. The van der Waals surface area contributed by atoms with Gasteiger partial charge in [-0.05, 0) is 88.4 Å². The highest BCUT2D eigenvalue weighted by Crippen LogP contribution is 2.30. The van der Waals surface area contributed by atoms with Crippen molar-refractivity contribution in [2.45, 2.75) is 90.4 Å². The molecule has 258 valence electrons. The molecular weight excluding hydrogens is 620 g/mol. The first-order chi connectivity index (χ1) is 22.5. The molecule has 0 bridgehead atoms. The minimum atomic E-state index is -0.504. The van der Waals surface area contributed by atoms with Crippen molar-refractivity contribution in [3.63, 3.8) is 0 Å². The van der Waals surface area contributed by atoms with Gasteiger partial charge in [-0.1, -0.05) is 37.8 Å². The Morgan fingerprint density at radius 1 is 1.00 bits per heavy atom. The molecule has 0 spiro atoms. The molecular formula is C36H51ClN4O6. The zero-order valence-corrected chi connectivity index (χ0v) is 28.9. The number of carbonyl (C=O) groups is 3. The molecule has 1 aliphatic carbocycles. The predicted octanol–water partition coefficient (Wildman–Crippen LogP) is 6.82. The third-order valence-corrected chi connectivity index (χ3v) is 9.44. The van der Waals surface area contributed by atoms with Crippen LogP contribution in [0.4, 0.5) is 16.2 Å². The van der Waals surface area contributed by atoms with Crippen LogP contribution in [0.5, 0.6) is 5.75 Å². The number of anilines is 2. The highest BCUT2D eigenvalue weighted by Gasteiger charge is 2.31. The maximum Gasteiger partial charge on any atom is 0.321 e. The van der Waals surface area contributed by atoms with Gasteiger partial charge in [0, 0.05) is 55.0 Å². The molecule has 2 aromatic carbocycles. The summed E-state index contributed by atoms with van der Waals surface area (Å²) in [5.74, 6) is -0.104. The average Bonchev–Trinajstić information content (AvgIpc) is 3.07.